The third-order valence-electron chi connectivity index (χ3n) is 4.61. The van der Waals surface area contributed by atoms with E-state index in [4.69, 9.17) is 0 Å². The van der Waals surface area contributed by atoms with Gasteiger partial charge in [-0.3, -0.25) is 9.78 Å². The molecule has 1 N–H and O–H groups in total. The third-order valence-corrected chi connectivity index (χ3v) is 4.61. The minimum Gasteiger partial charge on any atom is -0.348 e. The van der Waals surface area contributed by atoms with Crippen molar-refractivity contribution in [2.45, 2.75) is 45.6 Å². The lowest BCUT2D eigenvalue weighted by atomic mass is 10.2. The van der Waals surface area contributed by atoms with E-state index < -0.39 is 0 Å². The molecule has 0 aliphatic heterocycles. The molecule has 1 amide bonds. The predicted molar refractivity (Wildman–Crippen MR) is 97.8 cm³/mol. The highest BCUT2D eigenvalue weighted by molar-refractivity contribution is 5.93. The number of anilines is 2. The van der Waals surface area contributed by atoms with Gasteiger partial charge in [0.15, 0.2) is 0 Å². The highest BCUT2D eigenvalue weighted by atomic mass is 16.1. The number of aryl methyl sites for hydroxylation is 1. The van der Waals surface area contributed by atoms with E-state index in [-0.39, 0.29) is 5.91 Å². The molecule has 1 fully saturated rings. The Labute approximate surface area is 143 Å². The second-order valence-electron chi connectivity index (χ2n) is 6.44. The predicted octanol–water partition coefficient (Wildman–Crippen LogP) is 4.22. The molecule has 24 heavy (non-hydrogen) atoms. The van der Waals surface area contributed by atoms with Crippen molar-refractivity contribution in [1.29, 1.82) is 0 Å². The average molecular weight is 323 g/mol. The molecule has 0 unspecified atom stereocenters. The standard InChI is InChI=1S/C20H25N3O/c1-3-23(17-10-6-7-15(2)13-17)18-11-12-21-19(14-18)20(24)22-16-8-4-5-9-16/h6-7,10-14,16H,3-5,8-9H2,1-2H3,(H,22,24). The average Bonchev–Trinajstić information content (AvgIpc) is 3.09. The number of amides is 1. The zero-order chi connectivity index (χ0) is 16.9. The molecule has 1 heterocycles. The van der Waals surface area contributed by atoms with Crippen LogP contribution in [-0.4, -0.2) is 23.5 Å². The van der Waals surface area contributed by atoms with Gasteiger partial charge in [-0.05, 0) is 56.5 Å². The van der Waals surface area contributed by atoms with E-state index in [1.807, 2.05) is 12.1 Å². The van der Waals surface area contributed by atoms with Crippen LogP contribution in [0.3, 0.4) is 0 Å². The maximum absolute atomic E-state index is 12.5. The van der Waals surface area contributed by atoms with Crippen LogP contribution in [0.5, 0.6) is 0 Å². The highest BCUT2D eigenvalue weighted by Crippen LogP contribution is 2.26. The Morgan fingerprint density at radius 3 is 2.67 bits per heavy atom. The molecular weight excluding hydrogens is 298 g/mol. The smallest absolute Gasteiger partial charge is 0.270 e. The lowest BCUT2D eigenvalue weighted by Crippen LogP contribution is -2.33. The number of carbonyl (C=O) groups is 1. The number of pyridine rings is 1. The van der Waals surface area contributed by atoms with Crippen molar-refractivity contribution in [2.24, 2.45) is 0 Å². The van der Waals surface area contributed by atoms with Crippen LogP contribution in [0.2, 0.25) is 0 Å². The van der Waals surface area contributed by atoms with Gasteiger partial charge in [0.2, 0.25) is 0 Å². The molecule has 0 radical (unpaired) electrons. The van der Waals surface area contributed by atoms with Crippen LogP contribution in [0, 0.1) is 6.92 Å². The fourth-order valence-corrected chi connectivity index (χ4v) is 3.35. The largest absolute Gasteiger partial charge is 0.348 e. The van der Waals surface area contributed by atoms with Gasteiger partial charge in [0.1, 0.15) is 5.69 Å². The summed E-state index contributed by atoms with van der Waals surface area (Å²) in [5, 5.41) is 3.11. The lowest BCUT2D eigenvalue weighted by Gasteiger charge is -2.24. The number of rotatable bonds is 5. The van der Waals surface area contributed by atoms with E-state index in [0.29, 0.717) is 11.7 Å². The van der Waals surface area contributed by atoms with Crippen LogP contribution >= 0.6 is 0 Å². The van der Waals surface area contributed by atoms with Crippen LogP contribution in [0.25, 0.3) is 0 Å². The highest BCUT2D eigenvalue weighted by Gasteiger charge is 2.19. The molecule has 0 bridgehead atoms. The number of carbonyl (C=O) groups excluding carboxylic acids is 1. The first-order chi connectivity index (χ1) is 11.7. The van der Waals surface area contributed by atoms with Gasteiger partial charge in [-0.15, -0.1) is 0 Å². The van der Waals surface area contributed by atoms with Crippen LogP contribution in [0.4, 0.5) is 11.4 Å². The molecule has 4 heteroatoms. The Balaban J connectivity index is 1.81. The van der Waals surface area contributed by atoms with Gasteiger partial charge < -0.3 is 10.2 Å². The maximum atomic E-state index is 12.5. The van der Waals surface area contributed by atoms with Crippen molar-refractivity contribution in [3.8, 4) is 0 Å². The zero-order valence-electron chi connectivity index (χ0n) is 14.5. The fourth-order valence-electron chi connectivity index (χ4n) is 3.35. The van der Waals surface area contributed by atoms with E-state index in [1.54, 1.807) is 6.20 Å². The summed E-state index contributed by atoms with van der Waals surface area (Å²) in [6, 6.07) is 12.5. The van der Waals surface area contributed by atoms with E-state index in [9.17, 15) is 4.79 Å². The molecule has 3 rings (SSSR count). The van der Waals surface area contributed by atoms with E-state index in [1.165, 1.54) is 18.4 Å². The minimum atomic E-state index is -0.0657. The monoisotopic (exact) mass is 323 g/mol. The van der Waals surface area contributed by atoms with Gasteiger partial charge >= 0.3 is 0 Å². The number of aromatic nitrogens is 1. The van der Waals surface area contributed by atoms with Crippen molar-refractivity contribution in [3.05, 3.63) is 53.9 Å². The van der Waals surface area contributed by atoms with Crippen LogP contribution in [0.15, 0.2) is 42.6 Å². The molecule has 1 aromatic carbocycles. The van der Waals surface area contributed by atoms with E-state index in [0.717, 1.165) is 30.8 Å². The Kier molecular flexibility index (Phi) is 5.14. The summed E-state index contributed by atoms with van der Waals surface area (Å²) < 4.78 is 0. The molecule has 0 saturated heterocycles. The van der Waals surface area contributed by atoms with Gasteiger partial charge in [0, 0.05) is 30.2 Å². The number of nitrogens with zero attached hydrogens (tertiary/aromatic N) is 2. The van der Waals surface area contributed by atoms with E-state index >= 15 is 0 Å². The van der Waals surface area contributed by atoms with Crippen LogP contribution in [-0.2, 0) is 0 Å². The third kappa shape index (κ3) is 3.75. The number of nitrogens with one attached hydrogen (secondary N) is 1. The Hall–Kier alpha value is -2.36. The molecular formula is C20H25N3O. The molecule has 1 saturated carbocycles. The van der Waals surface area contributed by atoms with Crippen LogP contribution in [0.1, 0.15) is 48.7 Å². The number of benzene rings is 1. The second-order valence-corrected chi connectivity index (χ2v) is 6.44. The first-order valence-corrected chi connectivity index (χ1v) is 8.78. The Morgan fingerprint density at radius 1 is 1.21 bits per heavy atom. The molecule has 1 aliphatic carbocycles. The van der Waals surface area contributed by atoms with Gasteiger partial charge in [-0.2, -0.15) is 0 Å². The van der Waals surface area contributed by atoms with Crippen LogP contribution < -0.4 is 10.2 Å². The van der Waals surface area contributed by atoms with Crippen molar-refractivity contribution in [3.63, 3.8) is 0 Å². The Morgan fingerprint density at radius 2 is 1.96 bits per heavy atom. The molecule has 4 nitrogen and oxygen atoms in total. The molecule has 1 aliphatic rings. The van der Waals surface area contributed by atoms with Crippen molar-refractivity contribution in [2.75, 3.05) is 11.4 Å². The van der Waals surface area contributed by atoms with Crippen molar-refractivity contribution in [1.82, 2.24) is 10.3 Å². The lowest BCUT2D eigenvalue weighted by molar-refractivity contribution is 0.0933. The van der Waals surface area contributed by atoms with Gasteiger partial charge in [0.05, 0.1) is 0 Å². The fraction of sp³-hybridized carbons (Fsp3) is 0.400. The van der Waals surface area contributed by atoms with E-state index in [2.05, 4.69) is 53.3 Å². The summed E-state index contributed by atoms with van der Waals surface area (Å²) in [4.78, 5) is 18.9. The van der Waals surface area contributed by atoms with Gasteiger partial charge in [-0.1, -0.05) is 25.0 Å². The summed E-state index contributed by atoms with van der Waals surface area (Å²) >= 11 is 0. The topological polar surface area (TPSA) is 45.2 Å². The van der Waals surface area contributed by atoms with Crippen molar-refractivity contribution >= 4 is 17.3 Å². The quantitative estimate of drug-likeness (QED) is 0.896. The summed E-state index contributed by atoms with van der Waals surface area (Å²) in [7, 11) is 0. The first-order valence-electron chi connectivity index (χ1n) is 8.78. The normalized spacial score (nSPS) is 14.6. The van der Waals surface area contributed by atoms with Crippen molar-refractivity contribution < 1.29 is 4.79 Å². The second kappa shape index (κ2) is 7.47. The van der Waals surface area contributed by atoms with Gasteiger partial charge in [-0.25, -0.2) is 0 Å². The molecule has 1 aromatic heterocycles. The maximum Gasteiger partial charge on any atom is 0.270 e. The molecule has 126 valence electrons. The molecule has 0 atom stereocenters. The minimum absolute atomic E-state index is 0.0657. The van der Waals surface area contributed by atoms with Gasteiger partial charge in [0.25, 0.3) is 5.91 Å². The summed E-state index contributed by atoms with van der Waals surface area (Å²) in [6.07, 6.45) is 6.29. The SMILES string of the molecule is CCN(c1cccc(C)c1)c1ccnc(C(=O)NC2CCCC2)c1. The molecule has 0 spiro atoms. The first kappa shape index (κ1) is 16.5. The number of hydrogen-bond donors (Lipinski definition) is 1. The summed E-state index contributed by atoms with van der Waals surface area (Å²) in [6.45, 7) is 5.03. The Bertz CT molecular complexity index is 708. The summed E-state index contributed by atoms with van der Waals surface area (Å²) in [5.74, 6) is -0.0657. The zero-order valence-corrected chi connectivity index (χ0v) is 14.5. The summed E-state index contributed by atoms with van der Waals surface area (Å²) in [5.41, 5.74) is 3.84. The molecule has 2 aromatic rings. The number of hydrogen-bond acceptors (Lipinski definition) is 3.